The van der Waals surface area contributed by atoms with Crippen LogP contribution in [0.5, 0.6) is 0 Å². The molecule has 1 fully saturated rings. The van der Waals surface area contributed by atoms with Gasteiger partial charge in [0.1, 0.15) is 11.7 Å². The van der Waals surface area contributed by atoms with Crippen molar-refractivity contribution >= 4 is 8.32 Å². The normalized spacial score (nSPS) is 39.7. The maximum Gasteiger partial charge on any atom is 0.192 e. The van der Waals surface area contributed by atoms with Crippen LogP contribution in [0.15, 0.2) is 0 Å². The Kier molecular flexibility index (Phi) is 3.83. The first-order chi connectivity index (χ1) is 7.39. The van der Waals surface area contributed by atoms with E-state index in [4.69, 9.17) is 9.16 Å². The van der Waals surface area contributed by atoms with E-state index in [9.17, 15) is 10.2 Å². The predicted molar refractivity (Wildman–Crippen MR) is 69.2 cm³/mol. The molecule has 1 aliphatic rings. The Hall–Kier alpha value is 0.0569. The summed E-state index contributed by atoms with van der Waals surface area (Å²) in [6.07, 6.45) is -1.94. The SMILES string of the molecule is C[C@@H]1O[C@@H](O)C(C)(O)C1O[Si](C)(C)C(C)(C)C. The Labute approximate surface area is 105 Å². The minimum Gasteiger partial charge on any atom is -0.408 e. The lowest BCUT2D eigenvalue weighted by atomic mass is 9.99. The van der Waals surface area contributed by atoms with Gasteiger partial charge in [-0.1, -0.05) is 20.8 Å². The van der Waals surface area contributed by atoms with Crippen molar-refractivity contribution in [1.82, 2.24) is 0 Å². The standard InChI is InChI=1S/C12H26O4Si/c1-8-9(12(5,14)10(13)15-8)16-17(6,7)11(2,3)4/h8-10,13-14H,1-7H3/t8-,9?,10+,12?/m0/s1. The van der Waals surface area contributed by atoms with Gasteiger partial charge in [-0.2, -0.15) is 0 Å². The number of aliphatic hydroxyl groups excluding tert-OH is 1. The summed E-state index contributed by atoms with van der Waals surface area (Å²) < 4.78 is 11.4. The zero-order valence-electron chi connectivity index (χ0n) is 11.9. The predicted octanol–water partition coefficient (Wildman–Crippen LogP) is 1.86. The van der Waals surface area contributed by atoms with E-state index in [0.717, 1.165) is 0 Å². The number of ether oxygens (including phenoxy) is 1. The highest BCUT2D eigenvalue weighted by Crippen LogP contribution is 2.41. The van der Waals surface area contributed by atoms with E-state index in [-0.39, 0.29) is 11.1 Å². The quantitative estimate of drug-likeness (QED) is 0.746. The maximum atomic E-state index is 10.2. The first-order valence-corrected chi connectivity index (χ1v) is 9.04. The van der Waals surface area contributed by atoms with Crippen molar-refractivity contribution in [3.63, 3.8) is 0 Å². The molecule has 2 unspecified atom stereocenters. The van der Waals surface area contributed by atoms with Gasteiger partial charge in [-0.25, -0.2) is 0 Å². The molecule has 0 spiro atoms. The lowest BCUT2D eigenvalue weighted by Crippen LogP contribution is -2.54. The summed E-state index contributed by atoms with van der Waals surface area (Å²) >= 11 is 0. The van der Waals surface area contributed by atoms with Crippen molar-refractivity contribution in [1.29, 1.82) is 0 Å². The fourth-order valence-corrected chi connectivity index (χ4v) is 3.16. The Morgan fingerprint density at radius 2 is 1.76 bits per heavy atom. The number of hydrogen-bond donors (Lipinski definition) is 2. The molecule has 5 heteroatoms. The van der Waals surface area contributed by atoms with Crippen LogP contribution in [-0.2, 0) is 9.16 Å². The molecule has 1 heterocycles. The zero-order valence-corrected chi connectivity index (χ0v) is 12.9. The maximum absolute atomic E-state index is 10.2. The topological polar surface area (TPSA) is 58.9 Å². The second-order valence-corrected chi connectivity index (χ2v) is 11.5. The molecular formula is C12H26O4Si. The first-order valence-electron chi connectivity index (χ1n) is 6.13. The van der Waals surface area contributed by atoms with Crippen molar-refractivity contribution in [3.05, 3.63) is 0 Å². The van der Waals surface area contributed by atoms with Gasteiger partial charge in [-0.3, -0.25) is 0 Å². The van der Waals surface area contributed by atoms with Crippen LogP contribution in [-0.4, -0.2) is 42.6 Å². The van der Waals surface area contributed by atoms with Gasteiger partial charge in [0.15, 0.2) is 14.6 Å². The summed E-state index contributed by atoms with van der Waals surface area (Å²) in [5, 5.41) is 20.0. The molecule has 4 nitrogen and oxygen atoms in total. The second kappa shape index (κ2) is 4.31. The summed E-state index contributed by atoms with van der Waals surface area (Å²) in [6, 6.07) is 0. The molecule has 1 saturated heterocycles. The minimum absolute atomic E-state index is 0.0658. The molecule has 0 aromatic heterocycles. The van der Waals surface area contributed by atoms with Crippen LogP contribution >= 0.6 is 0 Å². The highest BCUT2D eigenvalue weighted by molar-refractivity contribution is 6.74. The molecular weight excluding hydrogens is 236 g/mol. The van der Waals surface area contributed by atoms with E-state index in [1.54, 1.807) is 6.92 Å². The van der Waals surface area contributed by atoms with E-state index in [0.29, 0.717) is 0 Å². The highest BCUT2D eigenvalue weighted by Gasteiger charge is 2.54. The third-order valence-electron chi connectivity index (χ3n) is 4.07. The van der Waals surface area contributed by atoms with Crippen LogP contribution in [0.1, 0.15) is 34.6 Å². The molecule has 1 aliphatic heterocycles. The number of rotatable bonds is 2. The van der Waals surface area contributed by atoms with Gasteiger partial charge in [-0.05, 0) is 32.0 Å². The van der Waals surface area contributed by atoms with Gasteiger partial charge in [-0.15, -0.1) is 0 Å². The molecule has 17 heavy (non-hydrogen) atoms. The zero-order chi connectivity index (χ0) is 13.6. The van der Waals surface area contributed by atoms with Crippen molar-refractivity contribution in [2.24, 2.45) is 0 Å². The molecule has 0 aliphatic carbocycles. The fraction of sp³-hybridized carbons (Fsp3) is 1.00. The summed E-state index contributed by atoms with van der Waals surface area (Å²) in [4.78, 5) is 0. The van der Waals surface area contributed by atoms with Gasteiger partial charge in [0.25, 0.3) is 0 Å². The molecule has 1 rings (SSSR count). The third-order valence-corrected chi connectivity index (χ3v) is 8.53. The average Bonchev–Trinajstić information content (AvgIpc) is 2.27. The Bertz CT molecular complexity index is 283. The van der Waals surface area contributed by atoms with E-state index < -0.39 is 26.3 Å². The van der Waals surface area contributed by atoms with E-state index in [1.807, 2.05) is 6.92 Å². The summed E-state index contributed by atoms with van der Waals surface area (Å²) in [7, 11) is -1.98. The highest BCUT2D eigenvalue weighted by atomic mass is 28.4. The van der Waals surface area contributed by atoms with Crippen LogP contribution in [0.4, 0.5) is 0 Å². The van der Waals surface area contributed by atoms with Crippen LogP contribution < -0.4 is 0 Å². The van der Waals surface area contributed by atoms with Gasteiger partial charge >= 0.3 is 0 Å². The van der Waals surface area contributed by atoms with Crippen molar-refractivity contribution < 1.29 is 19.4 Å². The molecule has 0 aromatic rings. The number of hydrogen-bond acceptors (Lipinski definition) is 4. The Balaban J connectivity index is 2.88. The molecule has 0 bridgehead atoms. The van der Waals surface area contributed by atoms with E-state index in [2.05, 4.69) is 33.9 Å². The molecule has 0 radical (unpaired) electrons. The lowest BCUT2D eigenvalue weighted by molar-refractivity contribution is -0.165. The van der Waals surface area contributed by atoms with E-state index in [1.165, 1.54) is 0 Å². The largest absolute Gasteiger partial charge is 0.408 e. The van der Waals surface area contributed by atoms with Gasteiger partial charge in [0.05, 0.1) is 6.10 Å². The average molecular weight is 262 g/mol. The van der Waals surface area contributed by atoms with E-state index >= 15 is 0 Å². The van der Waals surface area contributed by atoms with Gasteiger partial charge in [0, 0.05) is 0 Å². The van der Waals surface area contributed by atoms with Crippen molar-refractivity contribution in [2.45, 2.75) is 76.8 Å². The molecule has 4 atom stereocenters. The molecule has 2 N–H and O–H groups in total. The molecule has 102 valence electrons. The summed E-state index contributed by atoms with van der Waals surface area (Å²) in [5.74, 6) is 0. The van der Waals surface area contributed by atoms with Crippen LogP contribution in [0.2, 0.25) is 18.1 Å². The summed E-state index contributed by atoms with van der Waals surface area (Å²) in [6.45, 7) is 14.1. The van der Waals surface area contributed by atoms with Gasteiger partial charge < -0.3 is 19.4 Å². The van der Waals surface area contributed by atoms with Crippen molar-refractivity contribution in [2.75, 3.05) is 0 Å². The second-order valence-electron chi connectivity index (χ2n) is 6.72. The van der Waals surface area contributed by atoms with Crippen LogP contribution in [0.3, 0.4) is 0 Å². The molecule has 0 saturated carbocycles. The fourth-order valence-electron chi connectivity index (χ4n) is 1.74. The lowest BCUT2D eigenvalue weighted by Gasteiger charge is -2.41. The van der Waals surface area contributed by atoms with Gasteiger partial charge in [0.2, 0.25) is 0 Å². The Morgan fingerprint density at radius 1 is 1.29 bits per heavy atom. The van der Waals surface area contributed by atoms with Crippen LogP contribution in [0.25, 0.3) is 0 Å². The van der Waals surface area contributed by atoms with Crippen LogP contribution in [0, 0.1) is 0 Å². The summed E-state index contributed by atoms with van der Waals surface area (Å²) in [5.41, 5.74) is -1.34. The van der Waals surface area contributed by atoms with Crippen molar-refractivity contribution in [3.8, 4) is 0 Å². The molecule has 0 aromatic carbocycles. The minimum atomic E-state index is -1.98. The smallest absolute Gasteiger partial charge is 0.192 e. The number of aliphatic hydroxyl groups is 2. The molecule has 0 amide bonds. The Morgan fingerprint density at radius 3 is 2.06 bits per heavy atom. The first kappa shape index (κ1) is 15.1. The third kappa shape index (κ3) is 2.74. The monoisotopic (exact) mass is 262 g/mol.